The van der Waals surface area contributed by atoms with Gasteiger partial charge in [-0.15, -0.1) is 0 Å². The number of carbonyl (C=O) groups excluding carboxylic acids is 1. The fourth-order valence-corrected chi connectivity index (χ4v) is 4.52. The van der Waals surface area contributed by atoms with Gasteiger partial charge in [-0.3, -0.25) is 4.79 Å². The monoisotopic (exact) mass is 500 g/mol. The predicted octanol–water partition coefficient (Wildman–Crippen LogP) is 8.33. The van der Waals surface area contributed by atoms with Crippen molar-refractivity contribution in [3.63, 3.8) is 0 Å². The van der Waals surface area contributed by atoms with Gasteiger partial charge in [-0.1, -0.05) is 80.4 Å². The number of rotatable bonds is 9. The van der Waals surface area contributed by atoms with E-state index in [0.717, 1.165) is 51.9 Å². The van der Waals surface area contributed by atoms with Crippen LogP contribution in [-0.2, 0) is 6.42 Å². The van der Waals surface area contributed by atoms with Crippen molar-refractivity contribution in [2.24, 2.45) is 0 Å². The average molecular weight is 501 g/mol. The largest absolute Gasteiger partial charge is 0.324 e. The predicted molar refractivity (Wildman–Crippen MR) is 157 cm³/mol. The Morgan fingerprint density at radius 2 is 1.58 bits per heavy atom. The van der Waals surface area contributed by atoms with E-state index >= 15 is 0 Å². The Morgan fingerprint density at radius 1 is 0.816 bits per heavy atom. The summed E-state index contributed by atoms with van der Waals surface area (Å²) in [6, 6.07) is 31.8. The maximum Gasteiger partial charge on any atom is 0.255 e. The summed E-state index contributed by atoms with van der Waals surface area (Å²) in [5.41, 5.74) is 7.35. The number of anilines is 3. The molecule has 0 unspecified atom stereocenters. The van der Waals surface area contributed by atoms with Gasteiger partial charge in [0.1, 0.15) is 0 Å². The summed E-state index contributed by atoms with van der Waals surface area (Å²) in [5.74, 6) is 0.383. The van der Waals surface area contributed by atoms with Crippen molar-refractivity contribution in [2.75, 3.05) is 10.6 Å². The first-order valence-corrected chi connectivity index (χ1v) is 13.2. The van der Waals surface area contributed by atoms with Gasteiger partial charge in [0.05, 0.1) is 11.2 Å². The molecule has 1 amide bonds. The maximum atomic E-state index is 13.0. The van der Waals surface area contributed by atoms with Gasteiger partial charge in [0.25, 0.3) is 5.91 Å². The van der Waals surface area contributed by atoms with Gasteiger partial charge >= 0.3 is 0 Å². The van der Waals surface area contributed by atoms with Gasteiger partial charge < -0.3 is 10.6 Å². The van der Waals surface area contributed by atoms with Crippen LogP contribution in [0.1, 0.15) is 47.7 Å². The van der Waals surface area contributed by atoms with E-state index in [2.05, 4.69) is 47.9 Å². The Hall–Kier alpha value is -4.51. The van der Waals surface area contributed by atoms with E-state index in [4.69, 9.17) is 9.97 Å². The number of aryl methyl sites for hydroxylation is 2. The third-order valence-electron chi connectivity index (χ3n) is 6.67. The molecule has 4 aromatic carbocycles. The lowest BCUT2D eigenvalue weighted by Gasteiger charge is -2.12. The fourth-order valence-electron chi connectivity index (χ4n) is 4.52. The number of carbonyl (C=O) groups is 1. The van der Waals surface area contributed by atoms with Crippen LogP contribution in [0.2, 0.25) is 0 Å². The van der Waals surface area contributed by atoms with Crippen LogP contribution in [0.3, 0.4) is 0 Å². The van der Waals surface area contributed by atoms with E-state index in [1.807, 2.05) is 73.7 Å². The van der Waals surface area contributed by atoms with Crippen molar-refractivity contribution >= 4 is 34.1 Å². The Kier molecular flexibility index (Phi) is 7.74. The van der Waals surface area contributed by atoms with Crippen molar-refractivity contribution in [3.8, 4) is 11.3 Å². The molecular weight excluding hydrogens is 468 g/mol. The van der Waals surface area contributed by atoms with Crippen LogP contribution < -0.4 is 10.6 Å². The Labute approximate surface area is 224 Å². The summed E-state index contributed by atoms with van der Waals surface area (Å²) in [7, 11) is 0. The molecule has 0 fully saturated rings. The molecule has 5 rings (SSSR count). The van der Waals surface area contributed by atoms with Gasteiger partial charge in [0.2, 0.25) is 5.95 Å². The number of benzene rings is 4. The van der Waals surface area contributed by atoms with Crippen molar-refractivity contribution in [1.82, 2.24) is 9.97 Å². The molecular formula is C33H32N4O. The molecule has 0 radical (unpaired) electrons. The van der Waals surface area contributed by atoms with Crippen molar-refractivity contribution in [2.45, 2.75) is 39.5 Å². The first-order valence-electron chi connectivity index (χ1n) is 13.2. The number of unbranched alkanes of at least 4 members (excludes halogenated alkanes) is 2. The summed E-state index contributed by atoms with van der Waals surface area (Å²) in [5, 5.41) is 7.40. The zero-order valence-electron chi connectivity index (χ0n) is 21.9. The first kappa shape index (κ1) is 25.2. The Morgan fingerprint density at radius 3 is 2.37 bits per heavy atom. The van der Waals surface area contributed by atoms with E-state index in [9.17, 15) is 4.79 Å². The number of amides is 1. The number of fused-ring (bicyclic) bond motifs is 1. The molecule has 0 aliphatic carbocycles. The molecule has 2 N–H and O–H groups in total. The summed E-state index contributed by atoms with van der Waals surface area (Å²) >= 11 is 0. The molecule has 0 spiro atoms. The maximum absolute atomic E-state index is 13.0. The number of para-hydroxylation sites is 1. The molecule has 190 valence electrons. The third kappa shape index (κ3) is 5.89. The normalized spacial score (nSPS) is 10.9. The molecule has 5 nitrogen and oxygen atoms in total. The SMILES string of the molecule is CCCCCc1ccc(C)c(NC(=O)c2ccc(Nc3nc(-c4ccccc4)c4ccccc4n3)cc2)c1. The number of nitrogens with one attached hydrogen (secondary N) is 2. The fraction of sp³-hybridized carbons (Fsp3) is 0.182. The van der Waals surface area contributed by atoms with Crippen LogP contribution in [0.5, 0.6) is 0 Å². The summed E-state index contributed by atoms with van der Waals surface area (Å²) in [4.78, 5) is 22.5. The number of hydrogen-bond acceptors (Lipinski definition) is 4. The van der Waals surface area contributed by atoms with E-state index < -0.39 is 0 Å². The average Bonchev–Trinajstić information content (AvgIpc) is 2.95. The van der Waals surface area contributed by atoms with Gasteiger partial charge in [-0.05, 0) is 67.3 Å². The highest BCUT2D eigenvalue weighted by atomic mass is 16.1. The van der Waals surface area contributed by atoms with Gasteiger partial charge in [0, 0.05) is 27.9 Å². The lowest BCUT2D eigenvalue weighted by atomic mass is 10.0. The Balaban J connectivity index is 1.32. The second-order valence-electron chi connectivity index (χ2n) is 9.54. The minimum atomic E-state index is -0.126. The van der Waals surface area contributed by atoms with Gasteiger partial charge in [-0.25, -0.2) is 9.97 Å². The minimum Gasteiger partial charge on any atom is -0.324 e. The topological polar surface area (TPSA) is 66.9 Å². The van der Waals surface area contributed by atoms with Crippen LogP contribution in [-0.4, -0.2) is 15.9 Å². The Bertz CT molecular complexity index is 1550. The van der Waals surface area contributed by atoms with Crippen LogP contribution in [0.15, 0.2) is 97.1 Å². The highest BCUT2D eigenvalue weighted by Crippen LogP contribution is 2.28. The van der Waals surface area contributed by atoms with Crippen LogP contribution in [0.25, 0.3) is 22.2 Å². The lowest BCUT2D eigenvalue weighted by Crippen LogP contribution is -2.13. The van der Waals surface area contributed by atoms with Crippen LogP contribution in [0, 0.1) is 6.92 Å². The van der Waals surface area contributed by atoms with Crippen molar-refractivity contribution in [1.29, 1.82) is 0 Å². The van der Waals surface area contributed by atoms with E-state index in [1.54, 1.807) is 0 Å². The third-order valence-corrected chi connectivity index (χ3v) is 6.67. The molecule has 0 bridgehead atoms. The molecule has 0 saturated carbocycles. The van der Waals surface area contributed by atoms with Crippen LogP contribution >= 0.6 is 0 Å². The standard InChI is InChI=1S/C33H32N4O/c1-3-4-6-11-24-17-16-23(2)30(22-24)35-32(38)26-18-20-27(21-19-26)34-33-36-29-15-10-9-14-28(29)31(37-33)25-12-7-5-8-13-25/h5,7-10,12-22H,3-4,6,11H2,1-2H3,(H,35,38)(H,34,36,37). The molecule has 0 aliphatic rings. The second-order valence-corrected chi connectivity index (χ2v) is 9.54. The van der Waals surface area contributed by atoms with Crippen molar-refractivity contribution in [3.05, 3.63) is 114 Å². The summed E-state index contributed by atoms with van der Waals surface area (Å²) < 4.78 is 0. The lowest BCUT2D eigenvalue weighted by molar-refractivity contribution is 0.102. The smallest absolute Gasteiger partial charge is 0.255 e. The number of hydrogen-bond donors (Lipinski definition) is 2. The summed E-state index contributed by atoms with van der Waals surface area (Å²) in [6.07, 6.45) is 4.60. The zero-order chi connectivity index (χ0) is 26.3. The number of nitrogens with zero attached hydrogens (tertiary/aromatic N) is 2. The molecule has 5 aromatic rings. The van der Waals surface area contributed by atoms with E-state index in [0.29, 0.717) is 11.5 Å². The molecule has 0 aliphatic heterocycles. The first-order chi connectivity index (χ1) is 18.6. The van der Waals surface area contributed by atoms with Crippen molar-refractivity contribution < 1.29 is 4.79 Å². The number of aromatic nitrogens is 2. The molecule has 0 atom stereocenters. The van der Waals surface area contributed by atoms with Gasteiger partial charge in [0.15, 0.2) is 0 Å². The second kappa shape index (κ2) is 11.7. The zero-order valence-corrected chi connectivity index (χ0v) is 21.9. The van der Waals surface area contributed by atoms with Crippen LogP contribution in [0.4, 0.5) is 17.3 Å². The van der Waals surface area contributed by atoms with E-state index in [1.165, 1.54) is 18.4 Å². The highest BCUT2D eigenvalue weighted by molar-refractivity contribution is 6.05. The molecule has 1 aromatic heterocycles. The summed E-state index contributed by atoms with van der Waals surface area (Å²) in [6.45, 7) is 4.23. The highest BCUT2D eigenvalue weighted by Gasteiger charge is 2.12. The molecule has 0 saturated heterocycles. The van der Waals surface area contributed by atoms with E-state index in [-0.39, 0.29) is 5.91 Å². The van der Waals surface area contributed by atoms with Gasteiger partial charge in [-0.2, -0.15) is 0 Å². The molecule has 38 heavy (non-hydrogen) atoms. The molecule has 5 heteroatoms. The minimum absolute atomic E-state index is 0.126. The quantitative estimate of drug-likeness (QED) is 0.200. The molecule has 1 heterocycles.